The third-order valence-electron chi connectivity index (χ3n) is 6.66. The number of aromatic nitrogens is 2. The number of hydrogen-bond acceptors (Lipinski definition) is 12. The number of oxime groups is 1. The Kier molecular flexibility index (Phi) is 8.85. The van der Waals surface area contributed by atoms with Gasteiger partial charge in [0, 0.05) is 33.5 Å². The number of carbonyl (C=O) groups excluding carboxylic acids is 2. The molecule has 12 nitrogen and oxygen atoms in total. The average molecular weight is 624 g/mol. The maximum Gasteiger partial charge on any atom is 0.353 e. The van der Waals surface area contributed by atoms with Crippen molar-refractivity contribution in [3.8, 4) is 0 Å². The maximum absolute atomic E-state index is 13.2. The number of carbonyl (C=O) groups is 3. The zero-order valence-corrected chi connectivity index (χ0v) is 24.5. The average Bonchev–Trinajstić information content (AvgIpc) is 3.58. The van der Waals surface area contributed by atoms with Crippen molar-refractivity contribution >= 4 is 75.1 Å². The summed E-state index contributed by atoms with van der Waals surface area (Å²) < 4.78 is 0.147. The van der Waals surface area contributed by atoms with Gasteiger partial charge >= 0.3 is 5.97 Å². The van der Waals surface area contributed by atoms with Gasteiger partial charge in [0.15, 0.2) is 10.8 Å². The molecule has 212 valence electrons. The molecular formula is C24H26ClN7O5S3. The Bertz CT molecular complexity index is 1390. The van der Waals surface area contributed by atoms with Gasteiger partial charge in [0.05, 0.1) is 11.7 Å². The Morgan fingerprint density at radius 3 is 2.92 bits per heavy atom. The van der Waals surface area contributed by atoms with Crippen LogP contribution in [0.5, 0.6) is 0 Å². The number of hydrogen-bond donors (Lipinski definition) is 4. The number of anilines is 1. The summed E-state index contributed by atoms with van der Waals surface area (Å²) in [6.45, 7) is 1.98. The maximum atomic E-state index is 13.2. The first-order valence-electron chi connectivity index (χ1n) is 12.4. The number of β-lactam (4-membered cyclic amide) rings is 1. The number of nitrogens with one attached hydrogen (secondary N) is 2. The summed E-state index contributed by atoms with van der Waals surface area (Å²) in [5, 5.41) is 20.5. The van der Waals surface area contributed by atoms with E-state index in [-0.39, 0.29) is 26.6 Å². The van der Waals surface area contributed by atoms with Gasteiger partial charge in [-0.05, 0) is 37.9 Å². The molecule has 5 N–H and O–H groups in total. The van der Waals surface area contributed by atoms with Crippen LogP contribution < -0.4 is 16.4 Å². The van der Waals surface area contributed by atoms with Gasteiger partial charge in [-0.25, -0.2) is 9.78 Å². The third kappa shape index (κ3) is 5.79. The number of thiazole rings is 1. The molecule has 2 aromatic rings. The molecule has 5 heterocycles. The Labute approximate surface area is 247 Å². The van der Waals surface area contributed by atoms with E-state index in [9.17, 15) is 19.5 Å². The molecule has 0 saturated carbocycles. The zero-order valence-electron chi connectivity index (χ0n) is 21.3. The topological polar surface area (TPSA) is 172 Å². The molecule has 40 heavy (non-hydrogen) atoms. The third-order valence-corrected chi connectivity index (χ3v) is 10.3. The Hall–Kier alpha value is -2.85. The number of allylic oxidation sites excluding steroid dienone is 1. The van der Waals surface area contributed by atoms with E-state index in [4.69, 9.17) is 22.2 Å². The van der Waals surface area contributed by atoms with Gasteiger partial charge in [0.2, 0.25) is 0 Å². The van der Waals surface area contributed by atoms with Crippen LogP contribution in [0, 0.1) is 0 Å². The quantitative estimate of drug-likeness (QED) is 0.174. The summed E-state index contributed by atoms with van der Waals surface area (Å²) in [6.07, 6.45) is 3.73. The van der Waals surface area contributed by atoms with Crippen LogP contribution in [0.25, 0.3) is 0 Å². The van der Waals surface area contributed by atoms with Gasteiger partial charge in [0.1, 0.15) is 28.9 Å². The number of nitrogens with two attached hydrogens (primary N) is 1. The predicted molar refractivity (Wildman–Crippen MR) is 154 cm³/mol. The molecule has 3 aliphatic rings. The summed E-state index contributed by atoms with van der Waals surface area (Å²) in [5.41, 5.74) is 6.31. The molecule has 0 aromatic carbocycles. The number of carboxylic acids is 1. The highest BCUT2D eigenvalue weighted by Crippen LogP contribution is 2.44. The smallest absolute Gasteiger partial charge is 0.353 e. The molecule has 1 unspecified atom stereocenters. The largest absolute Gasteiger partial charge is 0.477 e. The van der Waals surface area contributed by atoms with E-state index in [1.807, 2.05) is 23.9 Å². The molecule has 2 aromatic heterocycles. The highest BCUT2D eigenvalue weighted by Gasteiger charge is 2.54. The molecule has 16 heteroatoms. The van der Waals surface area contributed by atoms with Crippen LogP contribution in [0.2, 0.25) is 4.34 Å². The van der Waals surface area contributed by atoms with Crippen LogP contribution in [0.15, 0.2) is 39.0 Å². The minimum atomic E-state index is -1.20. The number of amides is 2. The van der Waals surface area contributed by atoms with Gasteiger partial charge in [-0.3, -0.25) is 19.5 Å². The molecule has 2 saturated heterocycles. The number of thioether (sulfide) groups is 2. The second kappa shape index (κ2) is 12.3. The molecular weight excluding hydrogens is 598 g/mol. The number of pyridine rings is 1. The number of aliphatic carboxylic acids is 1. The summed E-state index contributed by atoms with van der Waals surface area (Å²) in [7, 11) is 1.26. The van der Waals surface area contributed by atoms with Gasteiger partial charge in [-0.15, -0.1) is 0 Å². The van der Waals surface area contributed by atoms with E-state index < -0.39 is 29.9 Å². The van der Waals surface area contributed by atoms with E-state index >= 15 is 0 Å². The van der Waals surface area contributed by atoms with Gasteiger partial charge in [-0.1, -0.05) is 39.9 Å². The van der Waals surface area contributed by atoms with Gasteiger partial charge in [-0.2, -0.15) is 11.8 Å². The SMILES string of the molecule is CO/N=C(\C(=O)N[C@@H]1C(=O)N2C(C(=O)O)=C(Sc3cccnc3CSC3CCNC3)CC[C@H]12)c1nc(N)sc1Cl. The minimum absolute atomic E-state index is 0.0372. The first kappa shape index (κ1) is 28.7. The highest BCUT2D eigenvalue weighted by atomic mass is 35.5. The molecule has 0 bridgehead atoms. The monoisotopic (exact) mass is 623 g/mol. The van der Waals surface area contributed by atoms with Gasteiger partial charge in [0.25, 0.3) is 11.8 Å². The molecule has 3 aliphatic heterocycles. The Morgan fingerprint density at radius 1 is 1.43 bits per heavy atom. The molecule has 2 fully saturated rings. The van der Waals surface area contributed by atoms with Crippen molar-refractivity contribution in [2.75, 3.05) is 25.9 Å². The molecule has 5 rings (SSSR count). The Morgan fingerprint density at radius 2 is 2.25 bits per heavy atom. The lowest BCUT2D eigenvalue weighted by Gasteiger charge is -2.50. The summed E-state index contributed by atoms with van der Waals surface area (Å²) in [5.74, 6) is -1.74. The highest BCUT2D eigenvalue weighted by molar-refractivity contribution is 8.03. The summed E-state index contributed by atoms with van der Waals surface area (Å²) in [6, 6.07) is 2.29. The van der Waals surface area contributed by atoms with Crippen molar-refractivity contribution in [2.24, 2.45) is 5.16 Å². The normalized spacial score (nSPS) is 22.6. The number of fused-ring (bicyclic) bond motifs is 1. The second-order valence-electron chi connectivity index (χ2n) is 9.12. The molecule has 0 radical (unpaired) electrons. The number of halogens is 1. The van der Waals surface area contributed by atoms with Crippen LogP contribution in [-0.4, -0.2) is 81.0 Å². The van der Waals surface area contributed by atoms with Crippen molar-refractivity contribution in [3.05, 3.63) is 44.7 Å². The van der Waals surface area contributed by atoms with Crippen LogP contribution in [0.3, 0.4) is 0 Å². The van der Waals surface area contributed by atoms with Crippen LogP contribution in [-0.2, 0) is 25.0 Å². The number of nitrogen functional groups attached to an aromatic ring is 1. The van der Waals surface area contributed by atoms with E-state index in [0.717, 1.165) is 41.4 Å². The fourth-order valence-corrected chi connectivity index (χ4v) is 8.13. The van der Waals surface area contributed by atoms with E-state index in [1.54, 1.807) is 6.20 Å². The van der Waals surface area contributed by atoms with E-state index in [1.165, 1.54) is 23.8 Å². The predicted octanol–water partition coefficient (Wildman–Crippen LogP) is 2.30. The lowest BCUT2D eigenvalue weighted by atomic mass is 9.86. The first-order valence-corrected chi connectivity index (χ1v) is 15.4. The number of carboxylic acid groups (broad SMARTS) is 1. The molecule has 3 atom stereocenters. The number of nitrogens with zero attached hydrogens (tertiary/aromatic N) is 4. The lowest BCUT2D eigenvalue weighted by Crippen LogP contribution is -2.72. The standard InChI is InChI=1S/C24H26ClN7O5S3/c1-37-31-18(17-20(25)40-24(26)30-17)21(33)29-16-13-4-5-15(19(23(35)36)32(13)22(16)34)39-14-3-2-7-28-12(14)10-38-11-6-8-27-9-11/h2-3,7,11,13,16,27H,4-6,8-10H2,1H3,(H2,26,30)(H,29,33)(H,35,36)/b31-18-/t11?,13-,16+/m1/s1. The fraction of sp³-hybridized carbons (Fsp3) is 0.417. The molecule has 0 spiro atoms. The van der Waals surface area contributed by atoms with Crippen molar-refractivity contribution in [3.63, 3.8) is 0 Å². The van der Waals surface area contributed by atoms with Crippen LogP contribution in [0.1, 0.15) is 30.7 Å². The van der Waals surface area contributed by atoms with E-state index in [0.29, 0.717) is 28.7 Å². The molecule has 2 amide bonds. The molecule has 0 aliphatic carbocycles. The van der Waals surface area contributed by atoms with Crippen molar-refractivity contribution in [1.29, 1.82) is 0 Å². The minimum Gasteiger partial charge on any atom is -0.477 e. The first-order chi connectivity index (χ1) is 19.3. The van der Waals surface area contributed by atoms with Crippen molar-refractivity contribution < 1.29 is 24.3 Å². The van der Waals surface area contributed by atoms with Crippen molar-refractivity contribution in [1.82, 2.24) is 25.5 Å². The van der Waals surface area contributed by atoms with Crippen LogP contribution in [0.4, 0.5) is 5.13 Å². The Balaban J connectivity index is 1.32. The zero-order chi connectivity index (χ0) is 28.4. The van der Waals surface area contributed by atoms with E-state index in [2.05, 4.69) is 25.8 Å². The number of rotatable bonds is 10. The summed E-state index contributed by atoms with van der Waals surface area (Å²) >= 11 is 10.3. The van der Waals surface area contributed by atoms with Gasteiger partial charge < -0.3 is 26.3 Å². The van der Waals surface area contributed by atoms with Crippen molar-refractivity contribution in [2.45, 2.75) is 47.2 Å². The fourth-order valence-electron chi connectivity index (χ4n) is 4.81. The lowest BCUT2D eigenvalue weighted by molar-refractivity contribution is -0.155. The summed E-state index contributed by atoms with van der Waals surface area (Å²) in [4.78, 5) is 54.7. The van der Waals surface area contributed by atoms with Crippen LogP contribution >= 0.6 is 46.5 Å². The second-order valence-corrected chi connectivity index (χ2v) is 13.2.